The molecule has 1 aromatic carbocycles. The second kappa shape index (κ2) is 2.79. The van der Waals surface area contributed by atoms with Gasteiger partial charge in [-0.05, 0) is 25.0 Å². The molecule has 0 aliphatic heterocycles. The molecule has 1 aliphatic rings. The van der Waals surface area contributed by atoms with Crippen molar-refractivity contribution in [2.24, 2.45) is 0 Å². The van der Waals surface area contributed by atoms with Crippen LogP contribution >= 0.6 is 11.3 Å². The molecule has 1 saturated carbocycles. The third kappa shape index (κ3) is 1.11. The van der Waals surface area contributed by atoms with Crippen LogP contribution < -0.4 is 0 Å². The van der Waals surface area contributed by atoms with Crippen LogP contribution in [-0.2, 0) is 0 Å². The average molecular weight is 200 g/mol. The number of rotatable bonds is 1. The second-order valence-electron chi connectivity index (χ2n) is 3.59. The Kier molecular flexibility index (Phi) is 1.59. The highest BCUT2D eigenvalue weighted by Gasteiger charge is 2.27. The van der Waals surface area contributed by atoms with Crippen molar-refractivity contribution in [2.45, 2.75) is 18.8 Å². The molecule has 0 spiro atoms. The lowest BCUT2D eigenvalue weighted by atomic mass is 10.2. The number of nitrogens with zero attached hydrogens (tertiary/aromatic N) is 2. The molecule has 14 heavy (non-hydrogen) atoms. The second-order valence-corrected chi connectivity index (χ2v) is 4.65. The summed E-state index contributed by atoms with van der Waals surface area (Å²) in [7, 11) is 0. The number of benzene rings is 1. The molecule has 3 rings (SSSR count). The largest absolute Gasteiger partial charge is 0.240 e. The molecule has 1 aliphatic carbocycles. The summed E-state index contributed by atoms with van der Waals surface area (Å²) in [6, 6.07) is 7.99. The van der Waals surface area contributed by atoms with E-state index in [9.17, 15) is 0 Å². The predicted octanol–water partition coefficient (Wildman–Crippen LogP) is 3.05. The van der Waals surface area contributed by atoms with E-state index in [2.05, 4.69) is 11.1 Å². The van der Waals surface area contributed by atoms with Crippen molar-refractivity contribution in [1.29, 1.82) is 5.26 Å². The SMILES string of the molecule is N#Cc1cccc2sc(C3CC3)nc12. The Bertz CT molecular complexity index is 532. The highest BCUT2D eigenvalue weighted by molar-refractivity contribution is 7.18. The summed E-state index contributed by atoms with van der Waals surface area (Å²) in [5.41, 5.74) is 1.59. The van der Waals surface area contributed by atoms with E-state index in [0.29, 0.717) is 11.5 Å². The van der Waals surface area contributed by atoms with Gasteiger partial charge in [0.1, 0.15) is 6.07 Å². The standard InChI is InChI=1S/C11H8N2S/c12-6-8-2-1-3-9-10(8)13-11(14-9)7-4-5-7/h1-3,7H,4-5H2. The highest BCUT2D eigenvalue weighted by Crippen LogP contribution is 2.43. The van der Waals surface area contributed by atoms with E-state index in [1.165, 1.54) is 17.8 Å². The van der Waals surface area contributed by atoms with Gasteiger partial charge in [0.05, 0.1) is 20.8 Å². The number of aromatic nitrogens is 1. The molecule has 2 nitrogen and oxygen atoms in total. The molecule has 0 bridgehead atoms. The van der Waals surface area contributed by atoms with Crippen molar-refractivity contribution in [2.75, 3.05) is 0 Å². The number of thiazole rings is 1. The summed E-state index contributed by atoms with van der Waals surface area (Å²) in [6.07, 6.45) is 2.53. The van der Waals surface area contributed by atoms with Crippen LogP contribution in [0.4, 0.5) is 0 Å². The van der Waals surface area contributed by atoms with Crippen molar-refractivity contribution >= 4 is 21.6 Å². The summed E-state index contributed by atoms with van der Waals surface area (Å²) in [5.74, 6) is 0.680. The Morgan fingerprint density at radius 3 is 3.00 bits per heavy atom. The van der Waals surface area contributed by atoms with E-state index in [1.807, 2.05) is 18.2 Å². The van der Waals surface area contributed by atoms with Gasteiger partial charge in [-0.15, -0.1) is 11.3 Å². The Balaban J connectivity index is 2.27. The average Bonchev–Trinajstić information content (AvgIpc) is 2.97. The number of hydrogen-bond acceptors (Lipinski definition) is 3. The molecule has 0 saturated heterocycles. The summed E-state index contributed by atoms with van der Waals surface area (Å²) in [6.45, 7) is 0. The minimum absolute atomic E-state index is 0.680. The van der Waals surface area contributed by atoms with Crippen LogP contribution in [-0.4, -0.2) is 4.98 Å². The van der Waals surface area contributed by atoms with E-state index in [4.69, 9.17) is 5.26 Å². The minimum Gasteiger partial charge on any atom is -0.240 e. The zero-order valence-electron chi connectivity index (χ0n) is 7.53. The van der Waals surface area contributed by atoms with Crippen LogP contribution in [0.25, 0.3) is 10.2 Å². The zero-order valence-corrected chi connectivity index (χ0v) is 8.34. The zero-order chi connectivity index (χ0) is 9.54. The molecule has 1 aromatic heterocycles. The molecule has 1 heterocycles. The summed E-state index contributed by atoms with van der Waals surface area (Å²) < 4.78 is 1.14. The molecule has 2 aromatic rings. The molecule has 0 unspecified atom stereocenters. The molecule has 0 radical (unpaired) electrons. The van der Waals surface area contributed by atoms with Crippen LogP contribution in [0.3, 0.4) is 0 Å². The maximum Gasteiger partial charge on any atom is 0.101 e. The van der Waals surface area contributed by atoms with Gasteiger partial charge in [-0.1, -0.05) is 6.07 Å². The molecule has 68 valence electrons. The number of para-hydroxylation sites is 1. The number of fused-ring (bicyclic) bond motifs is 1. The van der Waals surface area contributed by atoms with E-state index >= 15 is 0 Å². The van der Waals surface area contributed by atoms with Gasteiger partial charge in [-0.25, -0.2) is 4.98 Å². The van der Waals surface area contributed by atoms with Crippen LogP contribution in [0.5, 0.6) is 0 Å². The van der Waals surface area contributed by atoms with Crippen LogP contribution in [0.15, 0.2) is 18.2 Å². The molecular weight excluding hydrogens is 192 g/mol. The van der Waals surface area contributed by atoms with E-state index in [0.717, 1.165) is 10.2 Å². The van der Waals surface area contributed by atoms with Crippen molar-refractivity contribution in [3.63, 3.8) is 0 Å². The lowest BCUT2D eigenvalue weighted by molar-refractivity contribution is 1.10. The van der Waals surface area contributed by atoms with Crippen molar-refractivity contribution in [3.05, 3.63) is 28.8 Å². The fraction of sp³-hybridized carbons (Fsp3) is 0.273. The molecular formula is C11H8N2S. The van der Waals surface area contributed by atoms with Gasteiger partial charge in [0.25, 0.3) is 0 Å². The van der Waals surface area contributed by atoms with E-state index in [1.54, 1.807) is 11.3 Å². The number of hydrogen-bond donors (Lipinski definition) is 0. The molecule has 3 heteroatoms. The van der Waals surface area contributed by atoms with Gasteiger partial charge in [0.2, 0.25) is 0 Å². The fourth-order valence-corrected chi connectivity index (χ4v) is 2.72. The quantitative estimate of drug-likeness (QED) is 0.709. The van der Waals surface area contributed by atoms with E-state index < -0.39 is 0 Å². The first-order chi connectivity index (χ1) is 6.88. The Morgan fingerprint density at radius 2 is 2.29 bits per heavy atom. The van der Waals surface area contributed by atoms with Gasteiger partial charge in [0.15, 0.2) is 0 Å². The fourth-order valence-electron chi connectivity index (χ4n) is 1.56. The van der Waals surface area contributed by atoms with Crippen molar-refractivity contribution < 1.29 is 0 Å². The first kappa shape index (κ1) is 7.95. The predicted molar refractivity (Wildman–Crippen MR) is 56.3 cm³/mol. The number of nitriles is 1. The summed E-state index contributed by atoms with van der Waals surface area (Å²) in [5, 5.41) is 10.1. The van der Waals surface area contributed by atoms with Crippen molar-refractivity contribution in [3.8, 4) is 6.07 Å². The monoisotopic (exact) mass is 200 g/mol. The van der Waals surface area contributed by atoms with Gasteiger partial charge >= 0.3 is 0 Å². The smallest absolute Gasteiger partial charge is 0.101 e. The Hall–Kier alpha value is -1.40. The normalized spacial score (nSPS) is 15.6. The lowest BCUT2D eigenvalue weighted by Crippen LogP contribution is -1.78. The molecule has 0 N–H and O–H groups in total. The third-order valence-corrected chi connectivity index (χ3v) is 3.67. The minimum atomic E-state index is 0.680. The Labute approximate surface area is 85.8 Å². The molecule has 0 atom stereocenters. The van der Waals surface area contributed by atoms with Crippen LogP contribution in [0, 0.1) is 11.3 Å². The summed E-state index contributed by atoms with van der Waals surface area (Å²) >= 11 is 1.74. The molecule has 0 amide bonds. The van der Waals surface area contributed by atoms with Crippen molar-refractivity contribution in [1.82, 2.24) is 4.98 Å². The topological polar surface area (TPSA) is 36.7 Å². The first-order valence-electron chi connectivity index (χ1n) is 4.68. The van der Waals surface area contributed by atoms with Gasteiger partial charge in [0, 0.05) is 5.92 Å². The lowest BCUT2D eigenvalue weighted by Gasteiger charge is -1.88. The first-order valence-corrected chi connectivity index (χ1v) is 5.49. The van der Waals surface area contributed by atoms with Crippen LogP contribution in [0.1, 0.15) is 29.3 Å². The third-order valence-electron chi connectivity index (χ3n) is 2.48. The van der Waals surface area contributed by atoms with Gasteiger partial charge in [-0.3, -0.25) is 0 Å². The van der Waals surface area contributed by atoms with Gasteiger partial charge < -0.3 is 0 Å². The summed E-state index contributed by atoms with van der Waals surface area (Å²) in [4.78, 5) is 4.54. The maximum atomic E-state index is 8.91. The Morgan fingerprint density at radius 1 is 1.43 bits per heavy atom. The highest BCUT2D eigenvalue weighted by atomic mass is 32.1. The van der Waals surface area contributed by atoms with Crippen LogP contribution in [0.2, 0.25) is 0 Å². The molecule has 1 fully saturated rings. The maximum absolute atomic E-state index is 8.91. The van der Waals surface area contributed by atoms with Gasteiger partial charge in [-0.2, -0.15) is 5.26 Å². The van der Waals surface area contributed by atoms with E-state index in [-0.39, 0.29) is 0 Å².